The van der Waals surface area contributed by atoms with E-state index in [1.807, 2.05) is 6.08 Å². The van der Waals surface area contributed by atoms with Gasteiger partial charge in [0.15, 0.2) is 6.10 Å². The van der Waals surface area contributed by atoms with Crippen LogP contribution in [0.5, 0.6) is 0 Å². The van der Waals surface area contributed by atoms with Gasteiger partial charge >= 0.3 is 19.8 Å². The van der Waals surface area contributed by atoms with Gasteiger partial charge in [-0.15, -0.1) is 0 Å². The first-order chi connectivity index (χ1) is 36.8. The quantitative estimate of drug-likeness (QED) is 0.0264. The van der Waals surface area contributed by atoms with Gasteiger partial charge in [-0.25, -0.2) is 4.57 Å². The summed E-state index contributed by atoms with van der Waals surface area (Å²) in [4.78, 5) is 35.2. The molecular formula is C65H100NO8P. The molecule has 10 heteroatoms. The van der Waals surface area contributed by atoms with Crippen molar-refractivity contribution in [2.45, 2.75) is 187 Å². The molecule has 0 heterocycles. The summed E-state index contributed by atoms with van der Waals surface area (Å²) in [5, 5.41) is 0. The molecule has 0 saturated carbocycles. The molecule has 0 bridgehead atoms. The highest BCUT2D eigenvalue weighted by molar-refractivity contribution is 7.47. The van der Waals surface area contributed by atoms with Gasteiger partial charge in [0.05, 0.1) is 13.2 Å². The van der Waals surface area contributed by atoms with Gasteiger partial charge in [0, 0.05) is 19.4 Å². The molecule has 0 aromatic rings. The van der Waals surface area contributed by atoms with Gasteiger partial charge in [-0.05, 0) is 128 Å². The SMILES string of the molecule is CC/C=C\C/C=C\C/C=C\C/C=C\C/C=C\C/C=C\C/C=C\C/C=C\C/C=C\CCCC(=O)OC(COC(=O)CCCCCCCC/C=C\C/C=C\C/C=C\C/C=C\C/C=C\C/C=C\CC)COP(=O)(O)OCCN. The lowest BCUT2D eigenvalue weighted by molar-refractivity contribution is -0.161. The van der Waals surface area contributed by atoms with Crippen LogP contribution in [0.2, 0.25) is 0 Å². The predicted octanol–water partition coefficient (Wildman–Crippen LogP) is 18.1. The number of rotatable bonds is 50. The predicted molar refractivity (Wildman–Crippen MR) is 320 cm³/mol. The van der Waals surface area contributed by atoms with Gasteiger partial charge in [0.2, 0.25) is 0 Å². The maximum absolute atomic E-state index is 12.7. The molecule has 0 spiro atoms. The number of hydrogen-bond donors (Lipinski definition) is 2. The van der Waals surface area contributed by atoms with E-state index >= 15 is 0 Å². The highest BCUT2D eigenvalue weighted by atomic mass is 31.2. The van der Waals surface area contributed by atoms with Gasteiger partial charge < -0.3 is 20.1 Å². The van der Waals surface area contributed by atoms with Crippen LogP contribution in [0.25, 0.3) is 0 Å². The molecule has 2 unspecified atom stereocenters. The van der Waals surface area contributed by atoms with Crippen LogP contribution in [-0.2, 0) is 32.7 Å². The monoisotopic (exact) mass is 1050 g/mol. The Morgan fingerprint density at radius 3 is 1.07 bits per heavy atom. The Bertz CT molecular complexity index is 1870. The number of phosphoric ester groups is 1. The van der Waals surface area contributed by atoms with Crippen LogP contribution in [0.15, 0.2) is 182 Å². The summed E-state index contributed by atoms with van der Waals surface area (Å²) < 4.78 is 32.9. The lowest BCUT2D eigenvalue weighted by Crippen LogP contribution is -2.29. The van der Waals surface area contributed by atoms with E-state index in [4.69, 9.17) is 24.3 Å². The van der Waals surface area contributed by atoms with Crippen molar-refractivity contribution in [3.8, 4) is 0 Å². The molecular weight excluding hydrogens is 954 g/mol. The van der Waals surface area contributed by atoms with Crippen molar-refractivity contribution in [1.82, 2.24) is 0 Å². The van der Waals surface area contributed by atoms with Crippen LogP contribution in [0.1, 0.15) is 181 Å². The summed E-state index contributed by atoms with van der Waals surface area (Å²) in [5.74, 6) is -0.934. The van der Waals surface area contributed by atoms with Crippen molar-refractivity contribution in [3.05, 3.63) is 182 Å². The van der Waals surface area contributed by atoms with E-state index in [1.54, 1.807) is 0 Å². The number of carbonyl (C=O) groups excluding carboxylic acids is 2. The average Bonchev–Trinajstić information content (AvgIpc) is 3.40. The van der Waals surface area contributed by atoms with Crippen LogP contribution in [0.4, 0.5) is 0 Å². The van der Waals surface area contributed by atoms with E-state index in [-0.39, 0.29) is 32.6 Å². The largest absolute Gasteiger partial charge is 0.472 e. The zero-order valence-electron chi connectivity index (χ0n) is 46.4. The molecule has 0 radical (unpaired) electrons. The average molecular weight is 1050 g/mol. The number of phosphoric acid groups is 1. The molecule has 0 aliphatic carbocycles. The number of ether oxygens (including phenoxy) is 2. The summed E-state index contributed by atoms with van der Waals surface area (Å²) in [6.45, 7) is 3.39. The minimum absolute atomic E-state index is 0.0304. The zero-order chi connectivity index (χ0) is 54.5. The first-order valence-corrected chi connectivity index (χ1v) is 29.8. The van der Waals surface area contributed by atoms with E-state index in [0.717, 1.165) is 135 Å². The fourth-order valence-electron chi connectivity index (χ4n) is 6.70. The molecule has 75 heavy (non-hydrogen) atoms. The molecule has 2 atom stereocenters. The Balaban J connectivity index is 4.22. The topological polar surface area (TPSA) is 134 Å². The smallest absolute Gasteiger partial charge is 0.462 e. The summed E-state index contributed by atoms with van der Waals surface area (Å²) >= 11 is 0. The minimum Gasteiger partial charge on any atom is -0.462 e. The van der Waals surface area contributed by atoms with Crippen molar-refractivity contribution >= 4 is 19.8 Å². The van der Waals surface area contributed by atoms with Crippen LogP contribution in [0.3, 0.4) is 0 Å². The molecule has 0 rings (SSSR count). The Hall–Kier alpha value is -4.89. The number of hydrogen-bond acceptors (Lipinski definition) is 8. The molecule has 0 amide bonds. The van der Waals surface area contributed by atoms with Gasteiger partial charge in [0.1, 0.15) is 6.61 Å². The van der Waals surface area contributed by atoms with Gasteiger partial charge in [0.25, 0.3) is 0 Å². The lowest BCUT2D eigenvalue weighted by atomic mass is 10.1. The number of unbranched alkanes of at least 4 members (excludes halogenated alkanes) is 7. The molecule has 0 aromatic carbocycles. The van der Waals surface area contributed by atoms with Crippen molar-refractivity contribution in [2.24, 2.45) is 5.73 Å². The van der Waals surface area contributed by atoms with Crippen LogP contribution < -0.4 is 5.73 Å². The Morgan fingerprint density at radius 1 is 0.400 bits per heavy atom. The van der Waals surface area contributed by atoms with E-state index < -0.39 is 32.5 Å². The fraction of sp³-hybridized carbons (Fsp3) is 0.508. The van der Waals surface area contributed by atoms with Crippen LogP contribution >= 0.6 is 7.82 Å². The lowest BCUT2D eigenvalue weighted by Gasteiger charge is -2.19. The summed E-state index contributed by atoms with van der Waals surface area (Å²) in [6.07, 6.45) is 88.0. The number of allylic oxidation sites excluding steroid dienone is 30. The Morgan fingerprint density at radius 2 is 0.707 bits per heavy atom. The molecule has 9 nitrogen and oxygen atoms in total. The molecule has 0 aliphatic rings. The minimum atomic E-state index is -4.42. The second-order valence-corrected chi connectivity index (χ2v) is 19.1. The standard InChI is InChI=1S/C65H100NO8P/c1-3-5-7-9-11-13-15-17-19-21-23-25-27-29-30-31-32-34-36-38-40-42-44-46-48-50-52-54-56-58-65(68)74-63(62-73-75(69,70)72-60-59-66)61-71-64(67)57-55-53-51-49-47-45-43-41-39-37-35-33-28-26-24-22-20-18-16-14-12-10-8-6-4-2/h5-8,11-14,17-20,23-26,29-30,32-35,38-41,44,46,50,52,63H,3-4,9-10,15-16,21-22,27-28,31,36-37,42-43,45,47-49,51,53-62,66H2,1-2H3,(H,69,70)/b7-5-,8-6-,13-11-,14-12-,19-17-,20-18-,25-23-,26-24-,30-29-,34-32-,35-33-,40-38-,41-39-,46-44-,52-50-. The third kappa shape index (κ3) is 58.2. The molecule has 3 N–H and O–H groups in total. The number of carbonyl (C=O) groups is 2. The summed E-state index contributed by atoms with van der Waals surface area (Å²) in [6, 6.07) is 0. The first kappa shape index (κ1) is 70.1. The molecule has 0 fully saturated rings. The molecule has 0 saturated heterocycles. The van der Waals surface area contributed by atoms with Crippen molar-refractivity contribution < 1.29 is 37.6 Å². The third-order valence-corrected chi connectivity index (χ3v) is 11.8. The maximum atomic E-state index is 12.7. The number of esters is 2. The first-order valence-electron chi connectivity index (χ1n) is 28.3. The van der Waals surface area contributed by atoms with E-state index in [0.29, 0.717) is 19.3 Å². The van der Waals surface area contributed by atoms with Crippen LogP contribution in [0, 0.1) is 0 Å². The molecule has 0 aliphatic heterocycles. The molecule has 0 aromatic heterocycles. The van der Waals surface area contributed by atoms with Crippen molar-refractivity contribution in [1.29, 1.82) is 0 Å². The highest BCUT2D eigenvalue weighted by Crippen LogP contribution is 2.43. The van der Waals surface area contributed by atoms with E-state index in [2.05, 4.69) is 190 Å². The zero-order valence-corrected chi connectivity index (χ0v) is 47.3. The third-order valence-electron chi connectivity index (χ3n) is 10.8. The van der Waals surface area contributed by atoms with Gasteiger partial charge in [-0.2, -0.15) is 0 Å². The second-order valence-electron chi connectivity index (χ2n) is 17.7. The molecule has 418 valence electrons. The Kier molecular flexibility index (Phi) is 54.6. The normalized spacial score (nSPS) is 14.5. The number of nitrogens with two attached hydrogens (primary N) is 1. The van der Waals surface area contributed by atoms with Gasteiger partial charge in [-0.3, -0.25) is 18.6 Å². The summed E-state index contributed by atoms with van der Waals surface area (Å²) in [7, 11) is -4.42. The fourth-order valence-corrected chi connectivity index (χ4v) is 7.46. The summed E-state index contributed by atoms with van der Waals surface area (Å²) in [5.41, 5.74) is 5.37. The van der Waals surface area contributed by atoms with E-state index in [9.17, 15) is 19.0 Å². The van der Waals surface area contributed by atoms with Gasteiger partial charge in [-0.1, -0.05) is 222 Å². The van der Waals surface area contributed by atoms with Crippen LogP contribution in [-0.4, -0.2) is 49.3 Å². The maximum Gasteiger partial charge on any atom is 0.472 e. The van der Waals surface area contributed by atoms with E-state index in [1.165, 1.54) is 0 Å². The highest BCUT2D eigenvalue weighted by Gasteiger charge is 2.26. The Labute approximate surface area is 456 Å². The van der Waals surface area contributed by atoms with Crippen molar-refractivity contribution in [3.63, 3.8) is 0 Å². The second kappa shape index (κ2) is 58.4. The van der Waals surface area contributed by atoms with Crippen molar-refractivity contribution in [2.75, 3.05) is 26.4 Å².